The van der Waals surface area contributed by atoms with E-state index in [0.717, 1.165) is 47.2 Å². The number of rotatable bonds is 4. The summed E-state index contributed by atoms with van der Waals surface area (Å²) in [5.41, 5.74) is 4.03. The van der Waals surface area contributed by atoms with Crippen LogP contribution in [0.5, 0.6) is 0 Å². The fourth-order valence-electron chi connectivity index (χ4n) is 3.24. The lowest BCUT2D eigenvalue weighted by atomic mass is 10.2. The first kappa shape index (κ1) is 18.6. The Kier molecular flexibility index (Phi) is 5.64. The van der Waals surface area contributed by atoms with E-state index >= 15 is 0 Å². The fourth-order valence-corrected chi connectivity index (χ4v) is 4.06. The SMILES string of the molecule is Cc1cnccc1NC(=O)N1CCN(Cc2csc(-c3ccccc3)n2)CC1. The first-order chi connectivity index (χ1) is 13.7. The fraction of sp³-hybridized carbons (Fsp3) is 0.286. The van der Waals surface area contributed by atoms with Crippen molar-refractivity contribution in [3.8, 4) is 10.6 Å². The molecule has 1 saturated heterocycles. The van der Waals surface area contributed by atoms with Crippen LogP contribution >= 0.6 is 11.3 Å². The number of carbonyl (C=O) groups is 1. The first-order valence-electron chi connectivity index (χ1n) is 9.38. The maximum Gasteiger partial charge on any atom is 0.321 e. The van der Waals surface area contributed by atoms with Crippen molar-refractivity contribution < 1.29 is 4.79 Å². The number of thiazole rings is 1. The number of carbonyl (C=O) groups excluding carboxylic acids is 1. The third kappa shape index (κ3) is 4.37. The summed E-state index contributed by atoms with van der Waals surface area (Å²) in [5.74, 6) is 0. The minimum atomic E-state index is -0.0472. The minimum absolute atomic E-state index is 0.0472. The lowest BCUT2D eigenvalue weighted by molar-refractivity contribution is 0.142. The number of anilines is 1. The number of aromatic nitrogens is 2. The van der Waals surface area contributed by atoms with Gasteiger partial charge in [0.05, 0.1) is 5.69 Å². The van der Waals surface area contributed by atoms with E-state index in [-0.39, 0.29) is 6.03 Å². The average Bonchev–Trinajstić information content (AvgIpc) is 3.19. The van der Waals surface area contributed by atoms with E-state index in [1.54, 1.807) is 23.7 Å². The van der Waals surface area contributed by atoms with Gasteiger partial charge in [-0.2, -0.15) is 0 Å². The summed E-state index contributed by atoms with van der Waals surface area (Å²) in [6.07, 6.45) is 3.45. The Morgan fingerprint density at radius 2 is 1.93 bits per heavy atom. The van der Waals surface area contributed by atoms with Crippen molar-refractivity contribution >= 4 is 23.1 Å². The van der Waals surface area contributed by atoms with Crippen molar-refractivity contribution in [1.29, 1.82) is 0 Å². The second-order valence-corrected chi connectivity index (χ2v) is 7.75. The predicted molar refractivity (Wildman–Crippen MR) is 112 cm³/mol. The average molecular weight is 394 g/mol. The Hall–Kier alpha value is -2.77. The van der Waals surface area contributed by atoms with Gasteiger partial charge in [0, 0.05) is 61.7 Å². The van der Waals surface area contributed by atoms with Gasteiger partial charge < -0.3 is 10.2 Å². The third-order valence-corrected chi connectivity index (χ3v) is 5.82. The summed E-state index contributed by atoms with van der Waals surface area (Å²) < 4.78 is 0. The van der Waals surface area contributed by atoms with Crippen molar-refractivity contribution in [2.75, 3.05) is 31.5 Å². The second kappa shape index (κ2) is 8.50. The highest BCUT2D eigenvalue weighted by Crippen LogP contribution is 2.24. The van der Waals surface area contributed by atoms with Crippen molar-refractivity contribution in [2.45, 2.75) is 13.5 Å². The molecule has 0 aliphatic carbocycles. The zero-order valence-electron chi connectivity index (χ0n) is 15.8. The Labute approximate surface area is 168 Å². The normalized spacial score (nSPS) is 14.8. The van der Waals surface area contributed by atoms with Crippen molar-refractivity contribution in [3.63, 3.8) is 0 Å². The summed E-state index contributed by atoms with van der Waals surface area (Å²) in [7, 11) is 0. The number of pyridine rings is 1. The molecule has 1 aromatic carbocycles. The number of aryl methyl sites for hydroxylation is 1. The predicted octanol–water partition coefficient (Wildman–Crippen LogP) is 3.86. The van der Waals surface area contributed by atoms with Gasteiger partial charge in [-0.25, -0.2) is 9.78 Å². The van der Waals surface area contributed by atoms with Gasteiger partial charge in [-0.15, -0.1) is 11.3 Å². The van der Waals surface area contributed by atoms with Gasteiger partial charge in [0.15, 0.2) is 0 Å². The molecule has 1 fully saturated rings. The van der Waals surface area contributed by atoms with Crippen LogP contribution in [-0.2, 0) is 6.54 Å². The number of nitrogens with zero attached hydrogens (tertiary/aromatic N) is 4. The molecule has 28 heavy (non-hydrogen) atoms. The van der Waals surface area contributed by atoms with Crippen LogP contribution < -0.4 is 5.32 Å². The monoisotopic (exact) mass is 393 g/mol. The second-order valence-electron chi connectivity index (χ2n) is 6.89. The summed E-state index contributed by atoms with van der Waals surface area (Å²) in [6, 6.07) is 12.0. The highest BCUT2D eigenvalue weighted by atomic mass is 32.1. The minimum Gasteiger partial charge on any atom is -0.322 e. The van der Waals surface area contributed by atoms with Crippen LogP contribution in [0.1, 0.15) is 11.3 Å². The molecule has 7 heteroatoms. The highest BCUT2D eigenvalue weighted by molar-refractivity contribution is 7.13. The summed E-state index contributed by atoms with van der Waals surface area (Å²) in [6.45, 7) is 5.89. The Morgan fingerprint density at radius 1 is 1.14 bits per heavy atom. The van der Waals surface area contributed by atoms with Crippen molar-refractivity contribution in [1.82, 2.24) is 19.8 Å². The van der Waals surface area contributed by atoms with Gasteiger partial charge in [0.1, 0.15) is 5.01 Å². The van der Waals surface area contributed by atoms with E-state index in [4.69, 9.17) is 4.98 Å². The van der Waals surface area contributed by atoms with E-state index in [1.165, 1.54) is 0 Å². The number of amides is 2. The molecule has 2 amide bonds. The smallest absolute Gasteiger partial charge is 0.321 e. The molecule has 1 N–H and O–H groups in total. The van der Waals surface area contributed by atoms with E-state index in [9.17, 15) is 4.79 Å². The molecule has 1 aliphatic heterocycles. The largest absolute Gasteiger partial charge is 0.322 e. The molecule has 3 aromatic rings. The molecule has 0 bridgehead atoms. The molecule has 3 heterocycles. The van der Waals surface area contributed by atoms with Crippen LogP contribution in [-0.4, -0.2) is 52.0 Å². The Bertz CT molecular complexity index is 935. The van der Waals surface area contributed by atoms with Crippen molar-refractivity contribution in [2.24, 2.45) is 0 Å². The van der Waals surface area contributed by atoms with Crippen molar-refractivity contribution in [3.05, 3.63) is 65.4 Å². The van der Waals surface area contributed by atoms with Gasteiger partial charge in [-0.05, 0) is 18.6 Å². The van der Waals surface area contributed by atoms with Gasteiger partial charge >= 0.3 is 6.03 Å². The van der Waals surface area contributed by atoms with E-state index < -0.39 is 0 Å². The number of urea groups is 1. The van der Waals surface area contributed by atoms with E-state index in [2.05, 4.69) is 32.7 Å². The molecule has 0 spiro atoms. The molecule has 0 radical (unpaired) electrons. The van der Waals surface area contributed by atoms with Crippen LogP contribution in [0.2, 0.25) is 0 Å². The van der Waals surface area contributed by atoms with Crippen LogP contribution in [0, 0.1) is 6.92 Å². The molecule has 0 saturated carbocycles. The first-order valence-corrected chi connectivity index (χ1v) is 10.3. The molecule has 0 unspecified atom stereocenters. The molecular weight excluding hydrogens is 370 g/mol. The van der Waals surface area contributed by atoms with Gasteiger partial charge in [0.2, 0.25) is 0 Å². The Morgan fingerprint density at radius 3 is 2.68 bits per heavy atom. The lowest BCUT2D eigenvalue weighted by Gasteiger charge is -2.34. The number of nitrogens with one attached hydrogen (secondary N) is 1. The maximum absolute atomic E-state index is 12.5. The highest BCUT2D eigenvalue weighted by Gasteiger charge is 2.22. The molecule has 0 atom stereocenters. The summed E-state index contributed by atoms with van der Waals surface area (Å²) in [4.78, 5) is 25.6. The molecule has 4 rings (SSSR count). The van der Waals surface area contributed by atoms with E-state index in [0.29, 0.717) is 13.1 Å². The van der Waals surface area contributed by atoms with Crippen LogP contribution in [0.15, 0.2) is 54.2 Å². The molecule has 6 nitrogen and oxygen atoms in total. The topological polar surface area (TPSA) is 61.4 Å². The Balaban J connectivity index is 1.29. The number of benzene rings is 1. The number of hydrogen-bond acceptors (Lipinski definition) is 5. The number of hydrogen-bond donors (Lipinski definition) is 1. The third-order valence-electron chi connectivity index (χ3n) is 4.88. The van der Waals surface area contributed by atoms with Gasteiger partial charge in [-0.1, -0.05) is 30.3 Å². The molecular formula is C21H23N5OS. The van der Waals surface area contributed by atoms with Crippen LogP contribution in [0.25, 0.3) is 10.6 Å². The molecule has 2 aromatic heterocycles. The van der Waals surface area contributed by atoms with Crippen LogP contribution in [0.3, 0.4) is 0 Å². The van der Waals surface area contributed by atoms with E-state index in [1.807, 2.05) is 36.1 Å². The quantitative estimate of drug-likeness (QED) is 0.731. The number of piperazine rings is 1. The van der Waals surface area contributed by atoms with Gasteiger partial charge in [-0.3, -0.25) is 9.88 Å². The standard InChI is InChI=1S/C21H23N5OS/c1-16-13-22-8-7-19(16)24-21(27)26-11-9-25(10-12-26)14-18-15-28-20(23-18)17-5-3-2-4-6-17/h2-8,13,15H,9-12,14H2,1H3,(H,22,24,27). The summed E-state index contributed by atoms with van der Waals surface area (Å²) in [5, 5.41) is 6.17. The van der Waals surface area contributed by atoms with Crippen LogP contribution in [0.4, 0.5) is 10.5 Å². The zero-order chi connectivity index (χ0) is 19.3. The maximum atomic E-state index is 12.5. The summed E-state index contributed by atoms with van der Waals surface area (Å²) >= 11 is 1.68. The van der Waals surface area contributed by atoms with Gasteiger partial charge in [0.25, 0.3) is 0 Å². The zero-order valence-corrected chi connectivity index (χ0v) is 16.7. The lowest BCUT2D eigenvalue weighted by Crippen LogP contribution is -2.49. The molecule has 144 valence electrons. The molecule has 1 aliphatic rings.